The summed E-state index contributed by atoms with van der Waals surface area (Å²) in [6.07, 6.45) is -1.72. The topological polar surface area (TPSA) is 92.9 Å². The third-order valence-electron chi connectivity index (χ3n) is 4.84. The van der Waals surface area contributed by atoms with E-state index in [1.165, 1.54) is 11.3 Å². The number of aromatic nitrogens is 3. The van der Waals surface area contributed by atoms with Gasteiger partial charge in [0, 0.05) is 17.3 Å². The van der Waals surface area contributed by atoms with Gasteiger partial charge in [-0.15, -0.1) is 11.3 Å². The van der Waals surface area contributed by atoms with Gasteiger partial charge in [0.15, 0.2) is 0 Å². The zero-order chi connectivity index (χ0) is 23.7. The van der Waals surface area contributed by atoms with Gasteiger partial charge in [0.1, 0.15) is 0 Å². The van der Waals surface area contributed by atoms with Gasteiger partial charge in [-0.05, 0) is 29.3 Å². The summed E-state index contributed by atoms with van der Waals surface area (Å²) < 4.78 is 42.8. The summed E-state index contributed by atoms with van der Waals surface area (Å²) in [5, 5.41) is 9.38. The highest BCUT2D eigenvalue weighted by atomic mass is 32.1. The normalized spacial score (nSPS) is 11.5. The average molecular weight is 481 g/mol. The fourth-order valence-corrected chi connectivity index (χ4v) is 4.23. The Hall–Kier alpha value is -4.25. The molecule has 3 aromatic heterocycles. The quantitative estimate of drug-likeness (QED) is 0.308. The van der Waals surface area contributed by atoms with Crippen molar-refractivity contribution < 1.29 is 22.5 Å². The van der Waals surface area contributed by atoms with Crippen LogP contribution in [0.5, 0.6) is 0 Å². The van der Waals surface area contributed by atoms with Gasteiger partial charge in [-0.2, -0.15) is 18.2 Å². The van der Waals surface area contributed by atoms with Gasteiger partial charge in [-0.3, -0.25) is 15.1 Å². The molecule has 0 spiro atoms. The predicted octanol–water partition coefficient (Wildman–Crippen LogP) is 6.26. The third-order valence-corrected chi connectivity index (χ3v) is 5.91. The number of nitrogens with zero attached hydrogens (tertiary/aromatic N) is 3. The molecule has 0 bridgehead atoms. The first-order valence-electron chi connectivity index (χ1n) is 9.89. The van der Waals surface area contributed by atoms with Crippen LogP contribution >= 0.6 is 11.3 Å². The van der Waals surface area contributed by atoms with E-state index in [2.05, 4.69) is 20.4 Å². The Morgan fingerprint density at radius 2 is 1.71 bits per heavy atom. The maximum atomic E-state index is 12.4. The molecule has 5 rings (SSSR count). The van der Waals surface area contributed by atoms with Crippen LogP contribution in [0.2, 0.25) is 0 Å². The van der Waals surface area contributed by atoms with Crippen LogP contribution in [0.1, 0.15) is 0 Å². The minimum atomic E-state index is -5.06. The Balaban J connectivity index is 1.38. The molecule has 0 atom stereocenters. The lowest BCUT2D eigenvalue weighted by atomic mass is 10.1. The summed E-state index contributed by atoms with van der Waals surface area (Å²) in [6, 6.07) is 19.1. The van der Waals surface area contributed by atoms with E-state index >= 15 is 0 Å². The molecule has 11 heteroatoms. The van der Waals surface area contributed by atoms with Crippen LogP contribution in [0.25, 0.3) is 31.9 Å². The molecule has 5 aromatic rings. The number of fused-ring (bicyclic) bond motifs is 1. The van der Waals surface area contributed by atoms with Gasteiger partial charge < -0.3 is 9.84 Å². The molecule has 0 saturated carbocycles. The summed E-state index contributed by atoms with van der Waals surface area (Å²) in [5.41, 5.74) is 3.80. The van der Waals surface area contributed by atoms with Crippen LogP contribution in [0, 0.1) is 0 Å². The summed E-state index contributed by atoms with van der Waals surface area (Å²) >= 11 is 1.29. The zero-order valence-corrected chi connectivity index (χ0v) is 17.9. The van der Waals surface area contributed by atoms with E-state index < -0.39 is 18.1 Å². The van der Waals surface area contributed by atoms with E-state index in [1.54, 1.807) is 23.8 Å². The van der Waals surface area contributed by atoms with Crippen molar-refractivity contribution in [2.45, 2.75) is 6.18 Å². The lowest BCUT2D eigenvalue weighted by molar-refractivity contribution is -0.167. The summed E-state index contributed by atoms with van der Waals surface area (Å²) in [5.74, 6) is -2.13. The molecule has 0 aliphatic carbocycles. The van der Waals surface area contributed by atoms with Gasteiger partial charge in [0.05, 0.1) is 21.5 Å². The highest BCUT2D eigenvalue weighted by Crippen LogP contribution is 2.37. The second-order valence-electron chi connectivity index (χ2n) is 7.15. The van der Waals surface area contributed by atoms with E-state index in [9.17, 15) is 18.0 Å². The van der Waals surface area contributed by atoms with Crippen LogP contribution in [0.15, 0.2) is 77.6 Å². The standard InChI is InChI=1S/C23H14F3N5O2S/c24-23(25,26)21(32)30-22-29-20(31-33-22)18-10-16-17(11-27-12-19(16)34-18)28-15-8-6-14(7-9-15)13-4-2-1-3-5-13/h1-12,28H,(H,29,30,31,32). The van der Waals surface area contributed by atoms with Gasteiger partial charge in [-0.1, -0.05) is 47.6 Å². The molecule has 0 aliphatic rings. The van der Waals surface area contributed by atoms with Gasteiger partial charge in [0.2, 0.25) is 5.82 Å². The Kier molecular flexibility index (Phi) is 5.46. The molecule has 2 N–H and O–H groups in total. The first-order chi connectivity index (χ1) is 16.4. The fraction of sp³-hybridized carbons (Fsp3) is 0.0435. The minimum Gasteiger partial charge on any atom is -0.354 e. The molecule has 2 aromatic carbocycles. The zero-order valence-electron chi connectivity index (χ0n) is 17.1. The van der Waals surface area contributed by atoms with E-state index in [-0.39, 0.29) is 5.82 Å². The monoisotopic (exact) mass is 481 g/mol. The Bertz CT molecular complexity index is 1460. The number of hydrogen-bond donors (Lipinski definition) is 2. The molecular weight excluding hydrogens is 467 g/mol. The van der Waals surface area contributed by atoms with Crippen molar-refractivity contribution in [2.24, 2.45) is 0 Å². The number of carbonyl (C=O) groups is 1. The number of nitrogens with one attached hydrogen (secondary N) is 2. The van der Waals surface area contributed by atoms with Crippen LogP contribution < -0.4 is 10.6 Å². The molecule has 0 fully saturated rings. The Morgan fingerprint density at radius 1 is 0.971 bits per heavy atom. The molecule has 0 radical (unpaired) electrons. The number of pyridine rings is 1. The second-order valence-corrected chi connectivity index (χ2v) is 8.24. The number of benzene rings is 2. The number of alkyl halides is 3. The Morgan fingerprint density at radius 3 is 2.44 bits per heavy atom. The predicted molar refractivity (Wildman–Crippen MR) is 123 cm³/mol. The number of anilines is 3. The van der Waals surface area contributed by atoms with Crippen LogP contribution in [-0.4, -0.2) is 27.2 Å². The van der Waals surface area contributed by atoms with E-state index in [4.69, 9.17) is 4.52 Å². The van der Waals surface area contributed by atoms with Crippen molar-refractivity contribution in [3.8, 4) is 21.8 Å². The highest BCUT2D eigenvalue weighted by Gasteiger charge is 2.39. The van der Waals surface area contributed by atoms with Gasteiger partial charge in [-0.25, -0.2) is 0 Å². The van der Waals surface area contributed by atoms with Gasteiger partial charge >= 0.3 is 18.1 Å². The van der Waals surface area contributed by atoms with Crippen LogP contribution in [0.4, 0.5) is 30.6 Å². The second kappa shape index (κ2) is 8.60. The minimum absolute atomic E-state index is 0.0526. The number of amides is 1. The summed E-state index contributed by atoms with van der Waals surface area (Å²) in [7, 11) is 0. The van der Waals surface area contributed by atoms with Crippen molar-refractivity contribution >= 4 is 44.7 Å². The number of thiophene rings is 1. The maximum absolute atomic E-state index is 12.4. The van der Waals surface area contributed by atoms with E-state index in [0.29, 0.717) is 4.88 Å². The molecule has 170 valence electrons. The lowest BCUT2D eigenvalue weighted by Crippen LogP contribution is -2.30. The molecular formula is C23H14F3N5O2S. The van der Waals surface area contributed by atoms with Crippen molar-refractivity contribution in [3.05, 3.63) is 73.1 Å². The lowest BCUT2D eigenvalue weighted by Gasteiger charge is -2.08. The van der Waals surface area contributed by atoms with Crippen molar-refractivity contribution in [1.82, 2.24) is 15.1 Å². The number of carbonyl (C=O) groups excluding carboxylic acids is 1. The molecule has 0 aliphatic heterocycles. The summed E-state index contributed by atoms with van der Waals surface area (Å²) in [4.78, 5) is 19.7. The number of rotatable bonds is 5. The van der Waals surface area contributed by atoms with E-state index in [1.807, 2.05) is 54.6 Å². The molecule has 1 amide bonds. The summed E-state index contributed by atoms with van der Waals surface area (Å²) in [6.45, 7) is 0. The van der Waals surface area contributed by atoms with Crippen molar-refractivity contribution in [2.75, 3.05) is 10.6 Å². The highest BCUT2D eigenvalue weighted by molar-refractivity contribution is 7.22. The smallest absolute Gasteiger partial charge is 0.354 e. The fourth-order valence-electron chi connectivity index (χ4n) is 3.24. The molecule has 3 heterocycles. The van der Waals surface area contributed by atoms with E-state index in [0.717, 1.165) is 32.6 Å². The SMILES string of the molecule is O=C(Nc1nc(-c2cc3c(Nc4ccc(-c5ccccc5)cc4)cncc3s2)no1)C(F)(F)F. The molecule has 34 heavy (non-hydrogen) atoms. The van der Waals surface area contributed by atoms with Crippen molar-refractivity contribution in [1.29, 1.82) is 0 Å². The molecule has 0 saturated heterocycles. The van der Waals surface area contributed by atoms with Crippen molar-refractivity contribution in [3.63, 3.8) is 0 Å². The largest absolute Gasteiger partial charge is 0.471 e. The average Bonchev–Trinajstić information content (AvgIpc) is 3.47. The number of hydrogen-bond acceptors (Lipinski definition) is 7. The third kappa shape index (κ3) is 4.46. The molecule has 7 nitrogen and oxygen atoms in total. The Labute approximate surface area is 194 Å². The van der Waals surface area contributed by atoms with Crippen LogP contribution in [-0.2, 0) is 4.79 Å². The maximum Gasteiger partial charge on any atom is 0.471 e. The first-order valence-corrected chi connectivity index (χ1v) is 10.7. The molecule has 0 unspecified atom stereocenters. The first kappa shape index (κ1) is 21.6. The van der Waals surface area contributed by atoms with Gasteiger partial charge in [0.25, 0.3) is 0 Å². The number of halogens is 3. The van der Waals surface area contributed by atoms with Crippen LogP contribution in [0.3, 0.4) is 0 Å².